The molecule has 0 unspecified atom stereocenters. The zero-order chi connectivity index (χ0) is 16.5. The fraction of sp³-hybridized carbons (Fsp3) is 0.105. The van der Waals surface area contributed by atoms with Crippen LogP contribution in [0.4, 0.5) is 0 Å². The number of esters is 1. The predicted octanol–water partition coefficient (Wildman–Crippen LogP) is 3.49. The standard InChI is InChI=1S/C19H15N3O2/c1-24-19(23)13-7-8-14-15-11-20-17(9-12-5-3-2-4-6-12)22-18(15)21-16(14)10-13/h2-8,10-11H,9H2,1H3,(H,20,21,22). The van der Waals surface area contributed by atoms with Crippen molar-refractivity contribution in [2.75, 3.05) is 7.11 Å². The van der Waals surface area contributed by atoms with E-state index in [0.29, 0.717) is 12.0 Å². The van der Waals surface area contributed by atoms with E-state index in [-0.39, 0.29) is 5.97 Å². The van der Waals surface area contributed by atoms with Crippen LogP contribution in [-0.4, -0.2) is 28.0 Å². The van der Waals surface area contributed by atoms with Gasteiger partial charge in [-0.1, -0.05) is 36.4 Å². The second-order valence-electron chi connectivity index (χ2n) is 5.59. The van der Waals surface area contributed by atoms with Gasteiger partial charge >= 0.3 is 5.97 Å². The highest BCUT2D eigenvalue weighted by atomic mass is 16.5. The molecular formula is C19H15N3O2. The summed E-state index contributed by atoms with van der Waals surface area (Å²) in [5, 5.41) is 1.93. The molecule has 0 atom stereocenters. The number of benzene rings is 2. The van der Waals surface area contributed by atoms with Crippen molar-refractivity contribution < 1.29 is 9.53 Å². The van der Waals surface area contributed by atoms with Gasteiger partial charge in [0.2, 0.25) is 0 Å². The molecule has 0 amide bonds. The number of H-pyrrole nitrogens is 1. The Bertz CT molecular complexity index is 1040. The number of carbonyl (C=O) groups excluding carboxylic acids is 1. The molecule has 118 valence electrons. The molecule has 2 heterocycles. The van der Waals surface area contributed by atoms with Crippen LogP contribution in [0.3, 0.4) is 0 Å². The first-order valence-electron chi connectivity index (χ1n) is 7.64. The average molecular weight is 317 g/mol. The number of aromatic amines is 1. The molecule has 0 saturated heterocycles. The molecular weight excluding hydrogens is 302 g/mol. The summed E-state index contributed by atoms with van der Waals surface area (Å²) in [7, 11) is 1.37. The third-order valence-electron chi connectivity index (χ3n) is 4.03. The van der Waals surface area contributed by atoms with Crippen molar-refractivity contribution in [3.8, 4) is 0 Å². The Hall–Kier alpha value is -3.21. The molecule has 0 spiro atoms. The minimum atomic E-state index is -0.355. The number of nitrogens with one attached hydrogen (secondary N) is 1. The van der Waals surface area contributed by atoms with E-state index in [2.05, 4.69) is 27.1 Å². The number of nitrogens with zero attached hydrogens (tertiary/aromatic N) is 2. The summed E-state index contributed by atoms with van der Waals surface area (Å²) in [5.74, 6) is 0.403. The molecule has 5 nitrogen and oxygen atoms in total. The third-order valence-corrected chi connectivity index (χ3v) is 4.03. The van der Waals surface area contributed by atoms with E-state index in [0.717, 1.165) is 27.8 Å². The van der Waals surface area contributed by atoms with Gasteiger partial charge in [-0.2, -0.15) is 0 Å². The van der Waals surface area contributed by atoms with Gasteiger partial charge in [0.1, 0.15) is 11.5 Å². The minimum Gasteiger partial charge on any atom is -0.465 e. The van der Waals surface area contributed by atoms with Gasteiger partial charge in [-0.3, -0.25) is 0 Å². The van der Waals surface area contributed by atoms with E-state index in [4.69, 9.17) is 4.74 Å². The van der Waals surface area contributed by atoms with Crippen molar-refractivity contribution >= 4 is 27.9 Å². The van der Waals surface area contributed by atoms with Crippen LogP contribution in [0.25, 0.3) is 21.9 Å². The molecule has 2 aromatic carbocycles. The summed E-state index contributed by atoms with van der Waals surface area (Å²) >= 11 is 0. The molecule has 0 aliphatic carbocycles. The summed E-state index contributed by atoms with van der Waals surface area (Å²) in [5.41, 5.74) is 3.29. The monoisotopic (exact) mass is 317 g/mol. The molecule has 0 bridgehead atoms. The molecule has 0 fully saturated rings. The van der Waals surface area contributed by atoms with E-state index < -0.39 is 0 Å². The Morgan fingerprint density at radius 1 is 1.12 bits per heavy atom. The molecule has 0 aliphatic rings. The van der Waals surface area contributed by atoms with Gasteiger partial charge in [-0.05, 0) is 17.7 Å². The summed E-state index contributed by atoms with van der Waals surface area (Å²) in [6, 6.07) is 15.5. The van der Waals surface area contributed by atoms with Crippen molar-refractivity contribution in [3.63, 3.8) is 0 Å². The van der Waals surface area contributed by atoms with E-state index in [1.165, 1.54) is 12.7 Å². The summed E-state index contributed by atoms with van der Waals surface area (Å²) in [6.07, 6.45) is 2.51. The lowest BCUT2D eigenvalue weighted by atomic mass is 10.1. The number of rotatable bonds is 3. The summed E-state index contributed by atoms with van der Waals surface area (Å²) in [4.78, 5) is 24.0. The average Bonchev–Trinajstić information content (AvgIpc) is 2.98. The Morgan fingerprint density at radius 3 is 2.75 bits per heavy atom. The Balaban J connectivity index is 1.76. The van der Waals surface area contributed by atoms with Crippen molar-refractivity contribution in [2.45, 2.75) is 6.42 Å². The lowest BCUT2D eigenvalue weighted by Gasteiger charge is -2.00. The minimum absolute atomic E-state index is 0.355. The zero-order valence-electron chi connectivity index (χ0n) is 13.1. The normalized spacial score (nSPS) is 11.0. The lowest BCUT2D eigenvalue weighted by Crippen LogP contribution is -2.00. The van der Waals surface area contributed by atoms with Crippen LogP contribution < -0.4 is 0 Å². The molecule has 4 rings (SSSR count). The highest BCUT2D eigenvalue weighted by Gasteiger charge is 2.11. The number of hydrogen-bond donors (Lipinski definition) is 1. The fourth-order valence-corrected chi connectivity index (χ4v) is 2.83. The molecule has 4 aromatic rings. The van der Waals surface area contributed by atoms with Gasteiger partial charge in [-0.15, -0.1) is 0 Å². The smallest absolute Gasteiger partial charge is 0.337 e. The van der Waals surface area contributed by atoms with Crippen molar-refractivity contribution in [1.29, 1.82) is 0 Å². The lowest BCUT2D eigenvalue weighted by molar-refractivity contribution is 0.0601. The first kappa shape index (κ1) is 14.4. The zero-order valence-corrected chi connectivity index (χ0v) is 13.1. The molecule has 0 saturated carbocycles. The van der Waals surface area contributed by atoms with Gasteiger partial charge in [0, 0.05) is 28.9 Å². The SMILES string of the molecule is COC(=O)c1ccc2c(c1)[nH]c1nc(Cc3ccccc3)ncc12. The second-order valence-corrected chi connectivity index (χ2v) is 5.59. The summed E-state index contributed by atoms with van der Waals surface area (Å²) < 4.78 is 4.76. The van der Waals surface area contributed by atoms with Crippen LogP contribution in [0.1, 0.15) is 21.7 Å². The topological polar surface area (TPSA) is 67.9 Å². The van der Waals surface area contributed by atoms with Crippen molar-refractivity contribution in [3.05, 3.63) is 71.7 Å². The Kier molecular flexibility index (Phi) is 3.46. The highest BCUT2D eigenvalue weighted by molar-refractivity contribution is 6.07. The first-order chi connectivity index (χ1) is 11.7. The number of methoxy groups -OCH3 is 1. The van der Waals surface area contributed by atoms with Crippen LogP contribution in [0.5, 0.6) is 0 Å². The van der Waals surface area contributed by atoms with Crippen molar-refractivity contribution in [1.82, 2.24) is 15.0 Å². The van der Waals surface area contributed by atoms with E-state index in [1.54, 1.807) is 12.1 Å². The van der Waals surface area contributed by atoms with Gasteiger partial charge < -0.3 is 9.72 Å². The number of aromatic nitrogens is 3. The fourth-order valence-electron chi connectivity index (χ4n) is 2.83. The number of hydrogen-bond acceptors (Lipinski definition) is 4. The van der Waals surface area contributed by atoms with Crippen LogP contribution in [0, 0.1) is 0 Å². The molecule has 0 radical (unpaired) electrons. The van der Waals surface area contributed by atoms with Gasteiger partial charge in [0.25, 0.3) is 0 Å². The summed E-state index contributed by atoms with van der Waals surface area (Å²) in [6.45, 7) is 0. The molecule has 5 heteroatoms. The second kappa shape index (κ2) is 5.77. The van der Waals surface area contributed by atoms with E-state index in [1.807, 2.05) is 30.5 Å². The van der Waals surface area contributed by atoms with Crippen LogP contribution >= 0.6 is 0 Å². The van der Waals surface area contributed by atoms with Crippen LogP contribution in [0.2, 0.25) is 0 Å². The molecule has 1 N–H and O–H groups in total. The number of carbonyl (C=O) groups is 1. The third kappa shape index (κ3) is 2.50. The Labute approximate surface area is 138 Å². The van der Waals surface area contributed by atoms with Gasteiger partial charge in [-0.25, -0.2) is 14.8 Å². The number of ether oxygens (including phenoxy) is 1. The Morgan fingerprint density at radius 2 is 1.96 bits per heavy atom. The maximum Gasteiger partial charge on any atom is 0.337 e. The molecule has 24 heavy (non-hydrogen) atoms. The van der Waals surface area contributed by atoms with Crippen LogP contribution in [-0.2, 0) is 11.2 Å². The van der Waals surface area contributed by atoms with E-state index in [9.17, 15) is 4.79 Å². The molecule has 2 aromatic heterocycles. The van der Waals surface area contributed by atoms with Crippen molar-refractivity contribution in [2.24, 2.45) is 0 Å². The first-order valence-corrected chi connectivity index (χ1v) is 7.64. The maximum atomic E-state index is 11.7. The van der Waals surface area contributed by atoms with E-state index >= 15 is 0 Å². The predicted molar refractivity (Wildman–Crippen MR) is 92.0 cm³/mol. The number of fused-ring (bicyclic) bond motifs is 3. The van der Waals surface area contributed by atoms with Gasteiger partial charge in [0.05, 0.1) is 12.7 Å². The molecule has 0 aliphatic heterocycles. The van der Waals surface area contributed by atoms with Crippen LogP contribution in [0.15, 0.2) is 54.7 Å². The highest BCUT2D eigenvalue weighted by Crippen LogP contribution is 2.25. The maximum absolute atomic E-state index is 11.7. The largest absolute Gasteiger partial charge is 0.465 e. The quantitative estimate of drug-likeness (QED) is 0.587. The van der Waals surface area contributed by atoms with Gasteiger partial charge in [0.15, 0.2) is 0 Å².